The van der Waals surface area contributed by atoms with Crippen molar-refractivity contribution in [2.45, 2.75) is 25.9 Å². The molecule has 0 aromatic heterocycles. The molecule has 4 rings (SSSR count). The van der Waals surface area contributed by atoms with Gasteiger partial charge >= 0.3 is 0 Å². The number of nitrogens with zero attached hydrogens (tertiary/aromatic N) is 2. The molecule has 1 aliphatic rings. The summed E-state index contributed by atoms with van der Waals surface area (Å²) in [7, 11) is 0. The fourth-order valence-electron chi connectivity index (χ4n) is 3.54. The van der Waals surface area contributed by atoms with E-state index in [1.165, 1.54) is 4.90 Å². The van der Waals surface area contributed by atoms with Gasteiger partial charge < -0.3 is 4.90 Å². The van der Waals surface area contributed by atoms with Crippen LogP contribution >= 0.6 is 0 Å². The minimum absolute atomic E-state index is 0.107. The van der Waals surface area contributed by atoms with Crippen LogP contribution in [0.4, 0.5) is 5.69 Å². The van der Waals surface area contributed by atoms with Gasteiger partial charge in [0.15, 0.2) is 0 Å². The molecule has 30 heavy (non-hydrogen) atoms. The summed E-state index contributed by atoms with van der Waals surface area (Å²) in [5.74, 6) is -0.388. The van der Waals surface area contributed by atoms with Gasteiger partial charge in [-0.15, -0.1) is 0 Å². The van der Waals surface area contributed by atoms with Crippen LogP contribution in [0.1, 0.15) is 34.3 Å². The zero-order valence-corrected chi connectivity index (χ0v) is 16.5. The normalized spacial score (nSPS) is 13.5. The van der Waals surface area contributed by atoms with Gasteiger partial charge in [-0.2, -0.15) is 0 Å². The molecular weight excluding hydrogens is 376 g/mol. The molecule has 0 saturated carbocycles. The third-order valence-corrected chi connectivity index (χ3v) is 5.19. The van der Waals surface area contributed by atoms with Crippen LogP contribution in [-0.2, 0) is 22.7 Å². The Balaban J connectivity index is 1.55. The van der Waals surface area contributed by atoms with Crippen LogP contribution in [0.5, 0.6) is 0 Å². The highest BCUT2D eigenvalue weighted by molar-refractivity contribution is 6.06. The second-order valence-electron chi connectivity index (χ2n) is 7.28. The standard InChI is InChI=1S/C25H22N2O3/c28-23-15-16-24(29)27(23)18-20-11-13-21(14-12-20)25(30)26(22-9-5-2-6-10-22)17-19-7-3-1-4-8-19/h1-14H,15-18H2. The molecule has 0 unspecified atom stereocenters. The van der Waals surface area contributed by atoms with Gasteiger partial charge in [0.05, 0.1) is 13.1 Å². The molecule has 0 bridgehead atoms. The number of hydrogen-bond acceptors (Lipinski definition) is 3. The number of rotatable bonds is 6. The van der Waals surface area contributed by atoms with Crippen LogP contribution in [0, 0.1) is 0 Å². The molecular formula is C25H22N2O3. The van der Waals surface area contributed by atoms with E-state index in [4.69, 9.17) is 0 Å². The van der Waals surface area contributed by atoms with E-state index in [0.29, 0.717) is 12.1 Å². The molecule has 3 aromatic rings. The van der Waals surface area contributed by atoms with Crippen molar-refractivity contribution in [3.63, 3.8) is 0 Å². The molecule has 1 heterocycles. The summed E-state index contributed by atoms with van der Waals surface area (Å²) in [6, 6.07) is 26.5. The first-order chi connectivity index (χ1) is 14.6. The van der Waals surface area contributed by atoms with Gasteiger partial charge in [0.2, 0.25) is 11.8 Å². The average molecular weight is 398 g/mol. The molecule has 0 spiro atoms. The van der Waals surface area contributed by atoms with Crippen LogP contribution in [-0.4, -0.2) is 22.6 Å². The van der Waals surface area contributed by atoms with Gasteiger partial charge in [-0.1, -0.05) is 60.7 Å². The molecule has 0 aliphatic carbocycles. The molecule has 1 aliphatic heterocycles. The summed E-state index contributed by atoms with van der Waals surface area (Å²) in [6.07, 6.45) is 0.557. The summed E-state index contributed by atoms with van der Waals surface area (Å²) in [6.45, 7) is 0.709. The first-order valence-electron chi connectivity index (χ1n) is 9.95. The highest BCUT2D eigenvalue weighted by atomic mass is 16.2. The summed E-state index contributed by atoms with van der Waals surface area (Å²) >= 11 is 0. The van der Waals surface area contributed by atoms with Crippen molar-refractivity contribution in [2.75, 3.05) is 4.90 Å². The van der Waals surface area contributed by atoms with Crippen LogP contribution in [0.25, 0.3) is 0 Å². The Morgan fingerprint density at radius 1 is 0.733 bits per heavy atom. The van der Waals surface area contributed by atoms with Crippen molar-refractivity contribution in [2.24, 2.45) is 0 Å². The van der Waals surface area contributed by atoms with Crippen molar-refractivity contribution in [3.8, 4) is 0 Å². The maximum atomic E-state index is 13.3. The van der Waals surface area contributed by atoms with E-state index in [1.807, 2.05) is 60.7 Å². The van der Waals surface area contributed by atoms with E-state index < -0.39 is 0 Å². The zero-order chi connectivity index (χ0) is 20.9. The van der Waals surface area contributed by atoms with Gasteiger partial charge in [0.1, 0.15) is 0 Å². The lowest BCUT2D eigenvalue weighted by molar-refractivity contribution is -0.139. The summed E-state index contributed by atoms with van der Waals surface area (Å²) in [5, 5.41) is 0. The first-order valence-corrected chi connectivity index (χ1v) is 9.95. The number of likely N-dealkylation sites (tertiary alicyclic amines) is 1. The van der Waals surface area contributed by atoms with Gasteiger partial charge in [-0.05, 0) is 35.4 Å². The van der Waals surface area contributed by atoms with Gasteiger partial charge in [0, 0.05) is 24.1 Å². The summed E-state index contributed by atoms with van der Waals surface area (Å²) < 4.78 is 0. The monoisotopic (exact) mass is 398 g/mol. The highest BCUT2D eigenvalue weighted by Gasteiger charge is 2.28. The number of benzene rings is 3. The van der Waals surface area contributed by atoms with E-state index >= 15 is 0 Å². The van der Waals surface area contributed by atoms with Crippen LogP contribution in [0.2, 0.25) is 0 Å². The Morgan fingerprint density at radius 3 is 1.90 bits per heavy atom. The van der Waals surface area contributed by atoms with Gasteiger partial charge in [-0.3, -0.25) is 19.3 Å². The SMILES string of the molecule is O=C1CCC(=O)N1Cc1ccc(C(=O)N(Cc2ccccc2)c2ccccc2)cc1. The van der Waals surface area contributed by atoms with Crippen molar-refractivity contribution >= 4 is 23.4 Å². The lowest BCUT2D eigenvalue weighted by Gasteiger charge is -2.23. The smallest absolute Gasteiger partial charge is 0.258 e. The van der Waals surface area contributed by atoms with Crippen LogP contribution in [0.3, 0.4) is 0 Å². The van der Waals surface area contributed by atoms with Crippen LogP contribution in [0.15, 0.2) is 84.9 Å². The van der Waals surface area contributed by atoms with Gasteiger partial charge in [-0.25, -0.2) is 0 Å². The summed E-state index contributed by atoms with van der Waals surface area (Å²) in [4.78, 5) is 40.0. The Kier molecular flexibility index (Phi) is 5.70. The zero-order valence-electron chi connectivity index (χ0n) is 16.5. The summed E-state index contributed by atoms with van der Waals surface area (Å²) in [5.41, 5.74) is 3.24. The predicted octanol–water partition coefficient (Wildman–Crippen LogP) is 4.18. The minimum Gasteiger partial charge on any atom is -0.304 e. The number of imide groups is 1. The van der Waals surface area contributed by atoms with E-state index in [-0.39, 0.29) is 37.1 Å². The van der Waals surface area contributed by atoms with Crippen molar-refractivity contribution in [1.29, 1.82) is 0 Å². The Labute approximate surface area is 175 Å². The molecule has 5 nitrogen and oxygen atoms in total. The molecule has 150 valence electrons. The molecule has 3 amide bonds. The number of para-hydroxylation sites is 1. The molecule has 1 saturated heterocycles. The number of carbonyl (C=O) groups excluding carboxylic acids is 3. The first kappa shape index (κ1) is 19.6. The quantitative estimate of drug-likeness (QED) is 0.585. The minimum atomic E-state index is -0.140. The number of carbonyl (C=O) groups is 3. The predicted molar refractivity (Wildman–Crippen MR) is 115 cm³/mol. The Bertz CT molecular complexity index is 1030. The fraction of sp³-hybridized carbons (Fsp3) is 0.160. The molecule has 0 N–H and O–H groups in total. The van der Waals surface area contributed by atoms with E-state index in [9.17, 15) is 14.4 Å². The van der Waals surface area contributed by atoms with Crippen molar-refractivity contribution < 1.29 is 14.4 Å². The van der Waals surface area contributed by atoms with Crippen LogP contribution < -0.4 is 4.90 Å². The van der Waals surface area contributed by atoms with Crippen molar-refractivity contribution in [1.82, 2.24) is 4.90 Å². The van der Waals surface area contributed by atoms with E-state index in [1.54, 1.807) is 29.2 Å². The third kappa shape index (κ3) is 4.30. The molecule has 3 aromatic carbocycles. The van der Waals surface area contributed by atoms with E-state index in [2.05, 4.69) is 0 Å². The second kappa shape index (κ2) is 8.74. The molecule has 0 radical (unpaired) electrons. The largest absolute Gasteiger partial charge is 0.304 e. The lowest BCUT2D eigenvalue weighted by Crippen LogP contribution is -2.30. The Morgan fingerprint density at radius 2 is 1.30 bits per heavy atom. The average Bonchev–Trinajstić information content (AvgIpc) is 3.11. The van der Waals surface area contributed by atoms with Gasteiger partial charge in [0.25, 0.3) is 5.91 Å². The molecule has 5 heteroatoms. The fourth-order valence-corrected chi connectivity index (χ4v) is 3.54. The van der Waals surface area contributed by atoms with E-state index in [0.717, 1.165) is 16.8 Å². The topological polar surface area (TPSA) is 57.7 Å². The highest BCUT2D eigenvalue weighted by Crippen LogP contribution is 2.21. The third-order valence-electron chi connectivity index (χ3n) is 5.19. The number of hydrogen-bond donors (Lipinski definition) is 0. The Hall–Kier alpha value is -3.73. The van der Waals surface area contributed by atoms with Crippen molar-refractivity contribution in [3.05, 3.63) is 102 Å². The molecule has 0 atom stereocenters. The maximum absolute atomic E-state index is 13.3. The number of amides is 3. The maximum Gasteiger partial charge on any atom is 0.258 e. The second-order valence-corrected chi connectivity index (χ2v) is 7.28. The molecule has 1 fully saturated rings. The lowest BCUT2D eigenvalue weighted by atomic mass is 10.1. The number of anilines is 1.